The molecule has 0 aliphatic carbocycles. The Morgan fingerprint density at radius 3 is 2.00 bits per heavy atom. The van der Waals surface area contributed by atoms with Crippen LogP contribution in [0.5, 0.6) is 0 Å². The molecule has 4 nitrogen and oxygen atoms in total. The van der Waals surface area contributed by atoms with Crippen molar-refractivity contribution in [1.29, 1.82) is 0 Å². The minimum atomic E-state index is -0.387. The first-order chi connectivity index (χ1) is 10.0. The van der Waals surface area contributed by atoms with Gasteiger partial charge in [-0.3, -0.25) is 0 Å². The van der Waals surface area contributed by atoms with Gasteiger partial charge in [0.1, 0.15) is 0 Å². The zero-order chi connectivity index (χ0) is 15.8. The van der Waals surface area contributed by atoms with Gasteiger partial charge in [0, 0.05) is 12.2 Å². The molecule has 4 heteroatoms. The molecule has 1 aromatic rings. The van der Waals surface area contributed by atoms with Crippen LogP contribution in [0.4, 0.5) is 0 Å². The van der Waals surface area contributed by atoms with Gasteiger partial charge in [-0.25, -0.2) is 9.59 Å². The summed E-state index contributed by atoms with van der Waals surface area (Å²) in [6.07, 6.45) is 7.09. The molecule has 0 saturated heterocycles. The van der Waals surface area contributed by atoms with Gasteiger partial charge in [-0.2, -0.15) is 0 Å². The van der Waals surface area contributed by atoms with E-state index in [1.807, 2.05) is 26.0 Å². The van der Waals surface area contributed by atoms with E-state index in [1.54, 1.807) is 12.2 Å². The number of rotatable bonds is 5. The van der Waals surface area contributed by atoms with Gasteiger partial charge in [0.25, 0.3) is 0 Å². The van der Waals surface area contributed by atoms with Crippen LogP contribution >= 0.6 is 0 Å². The first kappa shape index (κ1) is 16.7. The predicted octanol–water partition coefficient (Wildman–Crippen LogP) is 2.93. The molecule has 0 spiro atoms. The normalized spacial score (nSPS) is 11.0. The molecule has 0 bridgehead atoms. The minimum absolute atomic E-state index is 0.385. The quantitative estimate of drug-likeness (QED) is 0.617. The fraction of sp³-hybridized carbons (Fsp3) is 0.294. The Labute approximate surface area is 125 Å². The van der Waals surface area contributed by atoms with E-state index in [0.717, 1.165) is 28.7 Å². The highest BCUT2D eigenvalue weighted by atomic mass is 16.5. The Balaban J connectivity index is 3.13. The summed E-state index contributed by atoms with van der Waals surface area (Å²) >= 11 is 0. The van der Waals surface area contributed by atoms with Crippen molar-refractivity contribution in [1.82, 2.24) is 0 Å². The van der Waals surface area contributed by atoms with Gasteiger partial charge < -0.3 is 9.47 Å². The van der Waals surface area contributed by atoms with Crippen LogP contribution in [0.15, 0.2) is 24.3 Å². The number of benzene rings is 1. The molecule has 0 heterocycles. The van der Waals surface area contributed by atoms with Crippen LogP contribution < -0.4 is 0 Å². The van der Waals surface area contributed by atoms with E-state index in [-0.39, 0.29) is 11.9 Å². The van der Waals surface area contributed by atoms with E-state index in [9.17, 15) is 9.59 Å². The first-order valence-corrected chi connectivity index (χ1v) is 6.67. The summed E-state index contributed by atoms with van der Waals surface area (Å²) in [6.45, 7) is 3.99. The summed E-state index contributed by atoms with van der Waals surface area (Å²) in [4.78, 5) is 22.3. The molecule has 0 amide bonds. The smallest absolute Gasteiger partial charge is 0.330 e. The molecule has 0 N–H and O–H groups in total. The Bertz CT molecular complexity index is 583. The van der Waals surface area contributed by atoms with Gasteiger partial charge in [0.05, 0.1) is 14.2 Å². The second-order valence-electron chi connectivity index (χ2n) is 4.47. The highest BCUT2D eigenvalue weighted by Gasteiger charge is 2.04. The number of carbonyl (C=O) groups excluding carboxylic acids is 2. The molecule has 0 saturated carbocycles. The Kier molecular flexibility index (Phi) is 6.40. The van der Waals surface area contributed by atoms with Crippen LogP contribution in [0, 0.1) is 6.92 Å². The Morgan fingerprint density at radius 2 is 1.52 bits per heavy atom. The molecule has 21 heavy (non-hydrogen) atoms. The van der Waals surface area contributed by atoms with E-state index in [4.69, 9.17) is 0 Å². The van der Waals surface area contributed by atoms with Crippen molar-refractivity contribution in [2.75, 3.05) is 14.2 Å². The number of hydrogen-bond donors (Lipinski definition) is 0. The van der Waals surface area contributed by atoms with E-state index in [2.05, 4.69) is 9.47 Å². The van der Waals surface area contributed by atoms with Crippen LogP contribution in [0.3, 0.4) is 0 Å². The van der Waals surface area contributed by atoms with Crippen LogP contribution in [0.2, 0.25) is 0 Å². The van der Waals surface area contributed by atoms with Crippen molar-refractivity contribution >= 4 is 24.1 Å². The van der Waals surface area contributed by atoms with Crippen molar-refractivity contribution in [3.05, 3.63) is 46.5 Å². The summed E-state index contributed by atoms with van der Waals surface area (Å²) in [5, 5.41) is 0. The average molecular weight is 288 g/mol. The monoisotopic (exact) mass is 288 g/mol. The van der Waals surface area contributed by atoms with Crippen molar-refractivity contribution < 1.29 is 19.1 Å². The second kappa shape index (κ2) is 8.04. The summed E-state index contributed by atoms with van der Waals surface area (Å²) in [6, 6.07) is 3.99. The van der Waals surface area contributed by atoms with E-state index >= 15 is 0 Å². The number of carbonyl (C=O) groups is 2. The van der Waals surface area contributed by atoms with Gasteiger partial charge in [-0.15, -0.1) is 0 Å². The second-order valence-corrected chi connectivity index (χ2v) is 4.47. The largest absolute Gasteiger partial charge is 0.466 e. The average Bonchev–Trinajstić information content (AvgIpc) is 2.50. The molecular formula is C17H20O4. The molecule has 0 unspecified atom stereocenters. The van der Waals surface area contributed by atoms with Crippen LogP contribution in [0.25, 0.3) is 12.2 Å². The van der Waals surface area contributed by atoms with Crippen molar-refractivity contribution in [3.63, 3.8) is 0 Å². The zero-order valence-electron chi connectivity index (χ0n) is 12.8. The number of hydrogen-bond acceptors (Lipinski definition) is 4. The van der Waals surface area contributed by atoms with Gasteiger partial charge in [0.15, 0.2) is 0 Å². The maximum absolute atomic E-state index is 11.2. The summed E-state index contributed by atoms with van der Waals surface area (Å²) in [7, 11) is 2.69. The van der Waals surface area contributed by atoms with Crippen LogP contribution in [-0.4, -0.2) is 26.2 Å². The van der Waals surface area contributed by atoms with Gasteiger partial charge >= 0.3 is 11.9 Å². The summed E-state index contributed by atoms with van der Waals surface area (Å²) < 4.78 is 9.17. The third kappa shape index (κ3) is 4.91. The highest BCUT2D eigenvalue weighted by molar-refractivity contribution is 5.88. The molecule has 1 aromatic carbocycles. The minimum Gasteiger partial charge on any atom is -0.466 e. The number of ether oxygens (including phenoxy) is 2. The molecule has 0 atom stereocenters. The summed E-state index contributed by atoms with van der Waals surface area (Å²) in [5.74, 6) is -0.772. The molecule has 0 aromatic heterocycles. The number of esters is 2. The van der Waals surface area contributed by atoms with Gasteiger partial charge in [-0.1, -0.05) is 19.1 Å². The van der Waals surface area contributed by atoms with Crippen molar-refractivity contribution in [3.8, 4) is 0 Å². The van der Waals surface area contributed by atoms with Gasteiger partial charge in [0.2, 0.25) is 0 Å². The highest BCUT2D eigenvalue weighted by Crippen LogP contribution is 2.20. The Morgan fingerprint density at radius 1 is 1.00 bits per heavy atom. The topological polar surface area (TPSA) is 52.6 Å². The van der Waals surface area contributed by atoms with Gasteiger partial charge in [-0.05, 0) is 47.8 Å². The zero-order valence-corrected chi connectivity index (χ0v) is 12.8. The maximum Gasteiger partial charge on any atom is 0.330 e. The fourth-order valence-corrected chi connectivity index (χ4v) is 1.89. The molecule has 0 radical (unpaired) electrons. The first-order valence-electron chi connectivity index (χ1n) is 6.67. The fourth-order valence-electron chi connectivity index (χ4n) is 1.89. The lowest BCUT2D eigenvalue weighted by molar-refractivity contribution is -0.135. The van der Waals surface area contributed by atoms with E-state index < -0.39 is 0 Å². The third-order valence-corrected chi connectivity index (χ3v) is 3.11. The van der Waals surface area contributed by atoms with Crippen LogP contribution in [0.1, 0.15) is 29.2 Å². The lowest BCUT2D eigenvalue weighted by Gasteiger charge is -2.09. The van der Waals surface area contributed by atoms with Crippen molar-refractivity contribution in [2.45, 2.75) is 20.3 Å². The van der Waals surface area contributed by atoms with E-state index in [1.165, 1.54) is 26.4 Å². The molecule has 1 rings (SSSR count). The maximum atomic E-state index is 11.2. The lowest BCUT2D eigenvalue weighted by atomic mass is 9.97. The SMILES string of the molecule is CCc1cc(/C=C/C(=O)OC)c(C)cc1/C=C/C(=O)OC. The molecular weight excluding hydrogens is 268 g/mol. The number of methoxy groups -OCH3 is 2. The van der Waals surface area contributed by atoms with E-state index in [0.29, 0.717) is 0 Å². The molecule has 0 fully saturated rings. The lowest BCUT2D eigenvalue weighted by Crippen LogP contribution is -1.96. The Hall–Kier alpha value is -2.36. The summed E-state index contributed by atoms with van der Waals surface area (Å²) in [5.41, 5.74) is 4.02. The van der Waals surface area contributed by atoms with Crippen LogP contribution in [-0.2, 0) is 25.5 Å². The number of aryl methyl sites for hydroxylation is 2. The predicted molar refractivity (Wildman–Crippen MR) is 82.7 cm³/mol. The third-order valence-electron chi connectivity index (χ3n) is 3.11. The standard InChI is InChI=1S/C17H20O4/c1-5-13-11-14(6-8-16(18)20-3)12(2)10-15(13)7-9-17(19)21-4/h6-11H,5H2,1-4H3/b8-6+,9-7+. The molecule has 0 aliphatic heterocycles. The van der Waals surface area contributed by atoms with Crippen molar-refractivity contribution in [2.24, 2.45) is 0 Å². The molecule has 112 valence electrons. The molecule has 0 aliphatic rings.